The molecule has 0 radical (unpaired) electrons. The molecule has 0 aliphatic heterocycles. The van der Waals surface area contributed by atoms with Crippen molar-refractivity contribution in [2.75, 3.05) is 10.6 Å². The second kappa shape index (κ2) is 11.6. The van der Waals surface area contributed by atoms with Crippen molar-refractivity contribution >= 4 is 23.2 Å². The van der Waals surface area contributed by atoms with Gasteiger partial charge in [-0.05, 0) is 102 Å². The van der Waals surface area contributed by atoms with Crippen LogP contribution in [0.3, 0.4) is 0 Å². The van der Waals surface area contributed by atoms with Crippen LogP contribution in [0, 0.1) is 0 Å². The molecule has 5 aromatic rings. The van der Waals surface area contributed by atoms with E-state index in [1.807, 2.05) is 36.4 Å². The van der Waals surface area contributed by atoms with Gasteiger partial charge in [-0.1, -0.05) is 12.1 Å². The van der Waals surface area contributed by atoms with E-state index in [4.69, 9.17) is 4.74 Å². The molecule has 0 unspecified atom stereocenters. The van der Waals surface area contributed by atoms with Crippen LogP contribution in [-0.2, 0) is 6.42 Å². The first-order valence-corrected chi connectivity index (χ1v) is 12.0. The number of carbonyl (C=O) groups is 2. The summed E-state index contributed by atoms with van der Waals surface area (Å²) in [7, 11) is 0. The molecule has 3 aromatic carbocycles. The Morgan fingerprint density at radius 2 is 0.947 bits per heavy atom. The standard InChI is InChI=1S/C31H24N4O3/c36-30(34-26-7-1-22(2-8-26)21-23-13-17-32-18-14-23)24-3-5-25(6-4-24)31(37)35-27-9-11-28(12-10-27)38-29-15-19-33-20-16-29/h1-20H,21H2,(H,34,36)(H,35,37). The van der Waals surface area contributed by atoms with Crippen LogP contribution in [-0.4, -0.2) is 21.8 Å². The molecule has 7 heteroatoms. The third kappa shape index (κ3) is 6.47. The van der Waals surface area contributed by atoms with Gasteiger partial charge in [-0.2, -0.15) is 0 Å². The minimum atomic E-state index is -0.274. The highest BCUT2D eigenvalue weighted by atomic mass is 16.5. The van der Waals surface area contributed by atoms with Gasteiger partial charge in [0.1, 0.15) is 11.5 Å². The maximum absolute atomic E-state index is 12.7. The van der Waals surface area contributed by atoms with Gasteiger partial charge in [0.15, 0.2) is 0 Å². The number of nitrogens with one attached hydrogen (secondary N) is 2. The van der Waals surface area contributed by atoms with Gasteiger partial charge >= 0.3 is 0 Å². The minimum absolute atomic E-state index is 0.247. The topological polar surface area (TPSA) is 93.2 Å². The molecule has 2 N–H and O–H groups in total. The number of ether oxygens (including phenoxy) is 1. The summed E-state index contributed by atoms with van der Waals surface area (Å²) in [6.45, 7) is 0. The van der Waals surface area contributed by atoms with Crippen molar-refractivity contribution in [1.82, 2.24) is 9.97 Å². The van der Waals surface area contributed by atoms with Gasteiger partial charge in [0.25, 0.3) is 11.8 Å². The first kappa shape index (κ1) is 24.4. The quantitative estimate of drug-likeness (QED) is 0.258. The van der Waals surface area contributed by atoms with Crippen LogP contribution in [0.2, 0.25) is 0 Å². The van der Waals surface area contributed by atoms with Gasteiger partial charge < -0.3 is 15.4 Å². The lowest BCUT2D eigenvalue weighted by molar-refractivity contribution is 0.101. The number of rotatable bonds is 8. The van der Waals surface area contributed by atoms with Crippen LogP contribution < -0.4 is 15.4 Å². The van der Waals surface area contributed by atoms with E-state index in [1.165, 1.54) is 5.56 Å². The maximum atomic E-state index is 12.7. The third-order valence-corrected chi connectivity index (χ3v) is 5.78. The Morgan fingerprint density at radius 1 is 0.526 bits per heavy atom. The zero-order valence-corrected chi connectivity index (χ0v) is 20.4. The number of hydrogen-bond acceptors (Lipinski definition) is 5. The molecule has 7 nitrogen and oxygen atoms in total. The molecule has 0 bridgehead atoms. The first-order chi connectivity index (χ1) is 18.6. The number of nitrogens with zero attached hydrogens (tertiary/aromatic N) is 2. The number of anilines is 2. The zero-order chi connectivity index (χ0) is 26.2. The first-order valence-electron chi connectivity index (χ1n) is 12.0. The molecular formula is C31H24N4O3. The van der Waals surface area contributed by atoms with Crippen molar-refractivity contribution in [2.45, 2.75) is 6.42 Å². The van der Waals surface area contributed by atoms with Gasteiger partial charge in [0.05, 0.1) is 0 Å². The van der Waals surface area contributed by atoms with E-state index in [0.717, 1.165) is 12.0 Å². The summed E-state index contributed by atoms with van der Waals surface area (Å²) in [5.74, 6) is 0.806. The highest BCUT2D eigenvalue weighted by Gasteiger charge is 2.10. The minimum Gasteiger partial charge on any atom is -0.457 e. The average molecular weight is 501 g/mol. The summed E-state index contributed by atoms with van der Waals surface area (Å²) < 4.78 is 5.74. The Kier molecular flexibility index (Phi) is 7.46. The molecule has 0 aliphatic carbocycles. The van der Waals surface area contributed by atoms with E-state index in [1.54, 1.807) is 85.5 Å². The third-order valence-electron chi connectivity index (χ3n) is 5.78. The van der Waals surface area contributed by atoms with E-state index >= 15 is 0 Å². The van der Waals surface area contributed by atoms with Crippen LogP contribution in [0.4, 0.5) is 11.4 Å². The normalized spacial score (nSPS) is 10.4. The Bertz CT molecular complexity index is 1390. The SMILES string of the molecule is O=C(Nc1ccc(Cc2ccncc2)cc1)c1ccc(C(=O)Nc2ccc(Oc3ccncc3)cc2)cc1. The summed E-state index contributed by atoms with van der Waals surface area (Å²) in [5, 5.41) is 5.75. The van der Waals surface area contributed by atoms with Crippen LogP contribution in [0.25, 0.3) is 0 Å². The second-order valence-electron chi connectivity index (χ2n) is 8.52. The molecule has 5 rings (SSSR count). The van der Waals surface area contributed by atoms with Crippen molar-refractivity contribution < 1.29 is 14.3 Å². The summed E-state index contributed by atoms with van der Waals surface area (Å²) in [6, 6.07) is 28.8. The molecule has 0 saturated heterocycles. The number of benzene rings is 3. The molecule has 0 fully saturated rings. The lowest BCUT2D eigenvalue weighted by atomic mass is 10.1. The van der Waals surface area contributed by atoms with Gasteiger partial charge in [-0.15, -0.1) is 0 Å². The Labute approximate surface area is 220 Å². The fourth-order valence-corrected chi connectivity index (χ4v) is 3.77. The molecular weight excluding hydrogens is 476 g/mol. The predicted molar refractivity (Wildman–Crippen MR) is 147 cm³/mol. The van der Waals surface area contributed by atoms with Crippen LogP contribution in [0.15, 0.2) is 122 Å². The summed E-state index contributed by atoms with van der Waals surface area (Å²) in [6.07, 6.45) is 7.65. The van der Waals surface area contributed by atoms with Crippen LogP contribution in [0.1, 0.15) is 31.8 Å². The van der Waals surface area contributed by atoms with Gasteiger partial charge in [-0.25, -0.2) is 0 Å². The van der Waals surface area contributed by atoms with E-state index < -0.39 is 0 Å². The highest BCUT2D eigenvalue weighted by Crippen LogP contribution is 2.23. The fourth-order valence-electron chi connectivity index (χ4n) is 3.77. The summed E-state index contributed by atoms with van der Waals surface area (Å²) >= 11 is 0. The van der Waals surface area contributed by atoms with Crippen molar-refractivity contribution in [3.05, 3.63) is 144 Å². The van der Waals surface area contributed by atoms with Crippen molar-refractivity contribution in [3.63, 3.8) is 0 Å². The summed E-state index contributed by atoms with van der Waals surface area (Å²) in [4.78, 5) is 33.4. The molecule has 0 saturated carbocycles. The monoisotopic (exact) mass is 500 g/mol. The van der Waals surface area contributed by atoms with E-state index in [0.29, 0.717) is 34.0 Å². The van der Waals surface area contributed by atoms with Gasteiger partial charge in [0, 0.05) is 47.3 Å². The zero-order valence-electron chi connectivity index (χ0n) is 20.4. The molecule has 2 heterocycles. The largest absolute Gasteiger partial charge is 0.457 e. The van der Waals surface area contributed by atoms with Crippen LogP contribution >= 0.6 is 0 Å². The van der Waals surface area contributed by atoms with E-state index in [-0.39, 0.29) is 11.8 Å². The van der Waals surface area contributed by atoms with E-state index in [9.17, 15) is 9.59 Å². The molecule has 2 aromatic heterocycles. The molecule has 186 valence electrons. The van der Waals surface area contributed by atoms with Gasteiger partial charge in [-0.3, -0.25) is 19.6 Å². The molecule has 0 aliphatic rings. The van der Waals surface area contributed by atoms with Gasteiger partial charge in [0.2, 0.25) is 0 Å². The Balaban J connectivity index is 1.14. The fraction of sp³-hybridized carbons (Fsp3) is 0.0323. The number of aromatic nitrogens is 2. The molecule has 0 spiro atoms. The smallest absolute Gasteiger partial charge is 0.255 e. The second-order valence-corrected chi connectivity index (χ2v) is 8.52. The lowest BCUT2D eigenvalue weighted by Crippen LogP contribution is -2.14. The number of amides is 2. The predicted octanol–water partition coefficient (Wildman–Crippen LogP) is 6.36. The summed E-state index contributed by atoms with van der Waals surface area (Å²) in [5.41, 5.74) is 4.55. The Morgan fingerprint density at radius 3 is 1.47 bits per heavy atom. The molecule has 0 atom stereocenters. The average Bonchev–Trinajstić information content (AvgIpc) is 2.96. The Hall–Kier alpha value is -5.30. The lowest BCUT2D eigenvalue weighted by Gasteiger charge is -2.09. The molecule has 38 heavy (non-hydrogen) atoms. The maximum Gasteiger partial charge on any atom is 0.255 e. The number of carbonyl (C=O) groups excluding carboxylic acids is 2. The van der Waals surface area contributed by atoms with E-state index in [2.05, 4.69) is 20.6 Å². The highest BCUT2D eigenvalue weighted by molar-refractivity contribution is 6.07. The van der Waals surface area contributed by atoms with Crippen molar-refractivity contribution in [3.8, 4) is 11.5 Å². The van der Waals surface area contributed by atoms with Crippen LogP contribution in [0.5, 0.6) is 11.5 Å². The van der Waals surface area contributed by atoms with Crippen molar-refractivity contribution in [1.29, 1.82) is 0 Å². The molecule has 2 amide bonds. The van der Waals surface area contributed by atoms with Crippen molar-refractivity contribution in [2.24, 2.45) is 0 Å². The number of hydrogen-bond donors (Lipinski definition) is 2. The number of pyridine rings is 2.